The van der Waals surface area contributed by atoms with Crippen molar-refractivity contribution in [3.8, 4) is 0 Å². The third-order valence-electron chi connectivity index (χ3n) is 14.1. The molecule has 0 aromatic carbocycles. The quantitative estimate of drug-likeness (QED) is 0.0259. The predicted molar refractivity (Wildman–Crippen MR) is 278 cm³/mol. The van der Waals surface area contributed by atoms with Gasteiger partial charge >= 0.3 is 0 Å². The summed E-state index contributed by atoms with van der Waals surface area (Å²) < 4.78 is 33.4. The van der Waals surface area contributed by atoms with Crippen LogP contribution in [0.15, 0.2) is 0 Å². The molecule has 28 nitrogen and oxygen atoms in total. The number of nitrogens with one attached hydrogen (secondary N) is 7. The highest BCUT2D eigenvalue weighted by Gasteiger charge is 2.45. The molecule has 0 saturated carbocycles. The molecular weight excluding hydrogens is 1050 g/mol. The second-order valence-corrected chi connectivity index (χ2v) is 21.0. The summed E-state index contributed by atoms with van der Waals surface area (Å²) in [4.78, 5) is 77.8. The second-order valence-electron chi connectivity index (χ2n) is 21.0. The van der Waals surface area contributed by atoms with Gasteiger partial charge in [-0.1, -0.05) is 34.6 Å². The number of aliphatic hydroxyl groups excluding tert-OH is 9. The molecule has 458 valence electrons. The van der Waals surface area contributed by atoms with Crippen molar-refractivity contribution >= 4 is 35.4 Å². The maximum absolute atomic E-state index is 13.6. The molecule has 79 heavy (non-hydrogen) atoms. The fourth-order valence-electron chi connectivity index (χ4n) is 9.30. The zero-order valence-electron chi connectivity index (χ0n) is 46.4. The Kier molecular flexibility index (Phi) is 32.2. The second kappa shape index (κ2) is 36.6. The first kappa shape index (κ1) is 69.4. The van der Waals surface area contributed by atoms with E-state index in [1.807, 2.05) is 13.8 Å². The van der Waals surface area contributed by atoms with Gasteiger partial charge in [0.25, 0.3) is 0 Å². The molecule has 0 aromatic rings. The number of rotatable bonds is 37. The number of hydrogen-bond acceptors (Lipinski definition) is 22. The van der Waals surface area contributed by atoms with Gasteiger partial charge in [0.1, 0.15) is 36.6 Å². The summed E-state index contributed by atoms with van der Waals surface area (Å²) in [6, 6.07) is -0.224. The Balaban J connectivity index is 1.46. The highest BCUT2D eigenvalue weighted by molar-refractivity contribution is 5.82. The number of ether oxygens (including phenoxy) is 6. The van der Waals surface area contributed by atoms with Gasteiger partial charge in [0.05, 0.1) is 77.2 Å². The van der Waals surface area contributed by atoms with E-state index < -0.39 is 123 Å². The van der Waals surface area contributed by atoms with Gasteiger partial charge in [0.2, 0.25) is 35.4 Å². The van der Waals surface area contributed by atoms with Crippen molar-refractivity contribution < 1.29 is 103 Å². The molecule has 0 spiro atoms. The van der Waals surface area contributed by atoms with E-state index in [1.165, 1.54) is 0 Å². The summed E-state index contributed by atoms with van der Waals surface area (Å²) in [7, 11) is 0. The van der Waals surface area contributed by atoms with Gasteiger partial charge in [-0.05, 0) is 32.1 Å². The predicted octanol–water partition coefficient (Wildman–Crippen LogP) is -5.01. The Hall–Kier alpha value is -3.82. The SMILES string of the molecule is CC(C)NC(CCC(=O)NCCCNC(=O)CCOC1OC(CO)C(O)C(O)C1C)(CC(=O)NCCCCNC(=O)CCOC1OC(CO)C(O)C(O)C1C)CC(=O)NCCCNC(=O)CCOC1OC(CO)C(O)C(O)C1C. The lowest BCUT2D eigenvalue weighted by Gasteiger charge is -2.40. The van der Waals surface area contributed by atoms with Crippen molar-refractivity contribution in [2.45, 2.75) is 191 Å². The fraction of sp³-hybridized carbons (Fsp3) is 0.882. The average molecular weight is 1140 g/mol. The van der Waals surface area contributed by atoms with Gasteiger partial charge in [-0.2, -0.15) is 0 Å². The van der Waals surface area contributed by atoms with Gasteiger partial charge in [-0.15, -0.1) is 0 Å². The Labute approximate surface area is 462 Å². The van der Waals surface area contributed by atoms with E-state index in [0.29, 0.717) is 32.2 Å². The first-order valence-corrected chi connectivity index (χ1v) is 27.7. The Morgan fingerprint density at radius 3 is 1.00 bits per heavy atom. The van der Waals surface area contributed by atoms with E-state index >= 15 is 0 Å². The third kappa shape index (κ3) is 24.3. The summed E-state index contributed by atoms with van der Waals surface area (Å²) in [6.07, 6.45) is -11.9. The zero-order valence-corrected chi connectivity index (χ0v) is 46.4. The Morgan fingerprint density at radius 1 is 0.430 bits per heavy atom. The molecule has 3 aliphatic heterocycles. The van der Waals surface area contributed by atoms with E-state index in [1.54, 1.807) is 20.8 Å². The van der Waals surface area contributed by atoms with Gasteiger partial charge in [-0.25, -0.2) is 0 Å². The van der Waals surface area contributed by atoms with Crippen molar-refractivity contribution in [1.29, 1.82) is 0 Å². The summed E-state index contributed by atoms with van der Waals surface area (Å²) in [5.74, 6) is -3.93. The molecule has 3 heterocycles. The number of carbonyl (C=O) groups excluding carboxylic acids is 6. The van der Waals surface area contributed by atoms with Crippen LogP contribution in [0, 0.1) is 17.8 Å². The lowest BCUT2D eigenvalue weighted by Crippen LogP contribution is -2.55. The molecule has 0 radical (unpaired) electrons. The summed E-state index contributed by atoms with van der Waals surface area (Å²) in [5, 5.41) is 109. The van der Waals surface area contributed by atoms with Crippen LogP contribution >= 0.6 is 0 Å². The van der Waals surface area contributed by atoms with E-state index in [4.69, 9.17) is 28.4 Å². The van der Waals surface area contributed by atoms with Gasteiger partial charge in [0.15, 0.2) is 18.9 Å². The molecule has 3 aliphatic rings. The third-order valence-corrected chi connectivity index (χ3v) is 14.1. The fourth-order valence-corrected chi connectivity index (χ4v) is 9.30. The highest BCUT2D eigenvalue weighted by Crippen LogP contribution is 2.29. The largest absolute Gasteiger partial charge is 0.394 e. The summed E-state index contributed by atoms with van der Waals surface area (Å²) in [6.45, 7) is 8.23. The smallest absolute Gasteiger partial charge is 0.222 e. The Morgan fingerprint density at radius 2 is 0.709 bits per heavy atom. The van der Waals surface area contributed by atoms with Crippen LogP contribution in [-0.2, 0) is 57.2 Å². The minimum atomic E-state index is -1.28. The monoisotopic (exact) mass is 1140 g/mol. The molecule has 16 atom stereocenters. The van der Waals surface area contributed by atoms with Crippen LogP contribution in [0.25, 0.3) is 0 Å². The highest BCUT2D eigenvalue weighted by atomic mass is 16.7. The molecule has 3 rings (SSSR count). The summed E-state index contributed by atoms with van der Waals surface area (Å²) in [5.41, 5.74) is -1.18. The van der Waals surface area contributed by atoms with E-state index in [9.17, 15) is 74.7 Å². The molecule has 16 unspecified atom stereocenters. The van der Waals surface area contributed by atoms with Gasteiger partial charge < -0.3 is 112 Å². The first-order valence-electron chi connectivity index (χ1n) is 27.7. The number of carbonyl (C=O) groups is 6. The van der Waals surface area contributed by atoms with Gasteiger partial charge in [0, 0.05) is 87.9 Å². The number of aliphatic hydroxyl groups is 9. The molecule has 6 amide bonds. The molecule has 16 N–H and O–H groups in total. The van der Waals surface area contributed by atoms with Crippen LogP contribution in [0.2, 0.25) is 0 Å². The van der Waals surface area contributed by atoms with Crippen LogP contribution in [0.4, 0.5) is 0 Å². The van der Waals surface area contributed by atoms with Crippen LogP contribution in [0.1, 0.15) is 105 Å². The van der Waals surface area contributed by atoms with Crippen molar-refractivity contribution in [3.05, 3.63) is 0 Å². The lowest BCUT2D eigenvalue weighted by atomic mass is 9.84. The van der Waals surface area contributed by atoms with Crippen molar-refractivity contribution in [3.63, 3.8) is 0 Å². The molecule has 0 bridgehead atoms. The molecule has 0 aliphatic carbocycles. The number of hydrogen-bond donors (Lipinski definition) is 16. The van der Waals surface area contributed by atoms with Crippen LogP contribution < -0.4 is 37.2 Å². The minimum Gasteiger partial charge on any atom is -0.394 e. The van der Waals surface area contributed by atoms with Crippen molar-refractivity contribution in [2.24, 2.45) is 17.8 Å². The standard InChI is InChI=1S/C51H93N7O21/c1-29(2)58-51(25-41(67)57-20-9-19-55-39(65)13-23-76-50-32(5)44(70)47(73)35(28-61)79-50,14-10-36(62)53-17-8-18-54-38(64)12-22-75-49-31(4)43(69)46(72)34(27-60)78-49)24-40(66)56-16-7-6-15-52-37(63)11-21-74-48-30(3)42(68)45(71)33(26-59)77-48/h29-35,42-50,58-61,68-73H,6-28H2,1-5H3,(H,52,63)(H,53,62)(H,54,64)(H,55,65)(H,56,66)(H,57,67). The van der Waals surface area contributed by atoms with Crippen molar-refractivity contribution in [1.82, 2.24) is 37.2 Å². The maximum atomic E-state index is 13.6. The zero-order chi connectivity index (χ0) is 58.7. The number of amides is 6. The Bertz CT molecular complexity index is 1820. The van der Waals surface area contributed by atoms with E-state index in [0.717, 1.165) is 0 Å². The van der Waals surface area contributed by atoms with Gasteiger partial charge in [-0.3, -0.25) is 28.8 Å². The van der Waals surface area contributed by atoms with E-state index in [2.05, 4.69) is 37.2 Å². The van der Waals surface area contributed by atoms with Crippen LogP contribution in [0.5, 0.6) is 0 Å². The maximum Gasteiger partial charge on any atom is 0.222 e. The molecule has 3 fully saturated rings. The molecule has 3 saturated heterocycles. The molecular formula is C51H93N7O21. The lowest BCUT2D eigenvalue weighted by molar-refractivity contribution is -0.282. The topological polar surface area (TPSA) is 424 Å². The van der Waals surface area contributed by atoms with Crippen molar-refractivity contribution in [2.75, 3.05) is 78.9 Å². The minimum absolute atomic E-state index is 0.0114. The molecule has 28 heteroatoms. The van der Waals surface area contributed by atoms with Crippen LogP contribution in [0.3, 0.4) is 0 Å². The average Bonchev–Trinajstić information content (AvgIpc) is 3.43. The number of unbranched alkanes of at least 4 members (excludes halogenated alkanes) is 1. The normalized spacial score (nSPS) is 29.7. The van der Waals surface area contributed by atoms with E-state index in [-0.39, 0.29) is 133 Å². The van der Waals surface area contributed by atoms with Crippen LogP contribution in [-0.4, -0.2) is 246 Å². The molecule has 0 aromatic heterocycles. The first-order chi connectivity index (χ1) is 37.6. The summed E-state index contributed by atoms with van der Waals surface area (Å²) >= 11 is 0.